The largest absolute Gasteiger partial charge is 0.353 e. The fourth-order valence-corrected chi connectivity index (χ4v) is 2.52. The first-order chi connectivity index (χ1) is 11.6. The van der Waals surface area contributed by atoms with Gasteiger partial charge in [-0.3, -0.25) is 4.79 Å². The number of hydrogen-bond donors (Lipinski definition) is 2. The molecule has 0 radical (unpaired) electrons. The molecule has 4 nitrogen and oxygen atoms in total. The number of halogens is 2. The molecule has 0 spiro atoms. The predicted molar refractivity (Wildman–Crippen MR) is 98.4 cm³/mol. The van der Waals surface area contributed by atoms with E-state index in [1.807, 2.05) is 30.3 Å². The van der Waals surface area contributed by atoms with Crippen molar-refractivity contribution in [3.8, 4) is 0 Å². The van der Waals surface area contributed by atoms with Crippen molar-refractivity contribution in [3.05, 3.63) is 82.6 Å². The van der Waals surface area contributed by atoms with Crippen LogP contribution in [-0.4, -0.2) is 10.9 Å². The molecule has 24 heavy (non-hydrogen) atoms. The van der Waals surface area contributed by atoms with Gasteiger partial charge in [-0.05, 0) is 42.5 Å². The first-order valence-corrected chi connectivity index (χ1v) is 7.92. The Balaban J connectivity index is 1.70. The summed E-state index contributed by atoms with van der Waals surface area (Å²) in [6, 6.07) is 17.8. The van der Waals surface area contributed by atoms with Crippen LogP contribution in [0.4, 0.5) is 17.1 Å². The van der Waals surface area contributed by atoms with Gasteiger partial charge in [0.1, 0.15) is 5.69 Å². The first kappa shape index (κ1) is 16.3. The lowest BCUT2D eigenvalue weighted by Crippen LogP contribution is -2.13. The van der Waals surface area contributed by atoms with E-state index in [9.17, 15) is 4.79 Å². The minimum atomic E-state index is -0.266. The number of hydrogen-bond acceptors (Lipinski definition) is 3. The number of nitrogens with zero attached hydrogens (tertiary/aromatic N) is 1. The van der Waals surface area contributed by atoms with Gasteiger partial charge in [0.15, 0.2) is 0 Å². The number of pyridine rings is 1. The van der Waals surface area contributed by atoms with Crippen molar-refractivity contribution in [2.45, 2.75) is 0 Å². The Bertz CT molecular complexity index is 852. The summed E-state index contributed by atoms with van der Waals surface area (Å²) in [7, 11) is 0. The zero-order chi connectivity index (χ0) is 16.9. The molecule has 0 aliphatic rings. The van der Waals surface area contributed by atoms with Gasteiger partial charge < -0.3 is 10.6 Å². The van der Waals surface area contributed by atoms with Gasteiger partial charge >= 0.3 is 0 Å². The van der Waals surface area contributed by atoms with Gasteiger partial charge in [-0.25, -0.2) is 4.98 Å². The van der Waals surface area contributed by atoms with Crippen molar-refractivity contribution in [1.82, 2.24) is 4.98 Å². The van der Waals surface area contributed by atoms with Gasteiger partial charge in [0, 0.05) is 10.7 Å². The molecule has 1 heterocycles. The maximum absolute atomic E-state index is 12.1. The van der Waals surface area contributed by atoms with Crippen LogP contribution in [0.3, 0.4) is 0 Å². The monoisotopic (exact) mass is 357 g/mol. The summed E-state index contributed by atoms with van der Waals surface area (Å²) in [5.74, 6) is -0.266. The smallest absolute Gasteiger partial charge is 0.274 e. The van der Waals surface area contributed by atoms with Crippen LogP contribution in [0.15, 0.2) is 66.9 Å². The van der Waals surface area contributed by atoms with Crippen LogP contribution in [0, 0.1) is 0 Å². The Hall–Kier alpha value is -2.56. The van der Waals surface area contributed by atoms with Gasteiger partial charge in [0.2, 0.25) is 0 Å². The summed E-state index contributed by atoms with van der Waals surface area (Å²) >= 11 is 12.0. The highest BCUT2D eigenvalue weighted by Crippen LogP contribution is 2.28. The summed E-state index contributed by atoms with van der Waals surface area (Å²) in [6.45, 7) is 0. The molecule has 120 valence electrons. The normalized spacial score (nSPS) is 10.2. The highest BCUT2D eigenvalue weighted by molar-refractivity contribution is 6.36. The van der Waals surface area contributed by atoms with Crippen LogP contribution in [0.5, 0.6) is 0 Å². The summed E-state index contributed by atoms with van der Waals surface area (Å²) in [4.78, 5) is 16.3. The van der Waals surface area contributed by atoms with Gasteiger partial charge in [-0.2, -0.15) is 0 Å². The molecule has 0 unspecified atom stereocenters. The van der Waals surface area contributed by atoms with Crippen LogP contribution in [0.25, 0.3) is 0 Å². The number of rotatable bonds is 4. The van der Waals surface area contributed by atoms with Crippen molar-refractivity contribution in [2.24, 2.45) is 0 Å². The van der Waals surface area contributed by atoms with E-state index in [-0.39, 0.29) is 5.91 Å². The van der Waals surface area contributed by atoms with E-state index in [2.05, 4.69) is 15.6 Å². The lowest BCUT2D eigenvalue weighted by molar-refractivity contribution is 0.102. The van der Waals surface area contributed by atoms with Crippen molar-refractivity contribution >= 4 is 46.2 Å². The minimum Gasteiger partial charge on any atom is -0.353 e. The maximum Gasteiger partial charge on any atom is 0.274 e. The Morgan fingerprint density at radius 2 is 1.71 bits per heavy atom. The molecule has 1 aromatic heterocycles. The number of nitrogens with one attached hydrogen (secondary N) is 2. The van der Waals surface area contributed by atoms with E-state index >= 15 is 0 Å². The Morgan fingerprint density at radius 1 is 0.917 bits per heavy atom. The molecule has 0 fully saturated rings. The third-order valence-electron chi connectivity index (χ3n) is 3.24. The zero-order valence-electron chi connectivity index (χ0n) is 12.5. The lowest BCUT2D eigenvalue weighted by Gasteiger charge is -2.09. The van der Waals surface area contributed by atoms with Crippen molar-refractivity contribution in [3.63, 3.8) is 0 Å². The van der Waals surface area contributed by atoms with Gasteiger partial charge in [-0.1, -0.05) is 41.4 Å². The molecular weight excluding hydrogens is 345 g/mol. The fraction of sp³-hybridized carbons (Fsp3) is 0. The molecule has 0 saturated carbocycles. The standard InChI is InChI=1S/C18H13Cl2N3O/c19-12-6-8-16(15(20)10-12)22-14-7-9-17(21-11-14)18(24)23-13-4-2-1-3-5-13/h1-11,22H,(H,23,24). The lowest BCUT2D eigenvalue weighted by atomic mass is 10.2. The predicted octanol–water partition coefficient (Wildman–Crippen LogP) is 5.38. The van der Waals surface area contributed by atoms with Crippen LogP contribution in [0.1, 0.15) is 10.5 Å². The number of benzene rings is 2. The van der Waals surface area contributed by atoms with Crippen molar-refractivity contribution in [2.75, 3.05) is 10.6 Å². The van der Waals surface area contributed by atoms with E-state index in [0.717, 1.165) is 11.4 Å². The molecule has 0 aliphatic carbocycles. The Labute approximate surface area is 149 Å². The number of amides is 1. The molecule has 3 aromatic rings. The highest BCUT2D eigenvalue weighted by Gasteiger charge is 2.08. The third kappa shape index (κ3) is 4.04. The van der Waals surface area contributed by atoms with Gasteiger partial charge in [0.05, 0.1) is 22.6 Å². The van der Waals surface area contributed by atoms with Crippen LogP contribution >= 0.6 is 23.2 Å². The van der Waals surface area contributed by atoms with Gasteiger partial charge in [0.25, 0.3) is 5.91 Å². The molecule has 0 saturated heterocycles. The van der Waals surface area contributed by atoms with Crippen LogP contribution < -0.4 is 10.6 Å². The second-order valence-electron chi connectivity index (χ2n) is 5.00. The molecule has 1 amide bonds. The Morgan fingerprint density at radius 3 is 2.38 bits per heavy atom. The Kier molecular flexibility index (Phi) is 4.99. The highest BCUT2D eigenvalue weighted by atomic mass is 35.5. The minimum absolute atomic E-state index is 0.266. The number of carbonyl (C=O) groups excluding carboxylic acids is 1. The topological polar surface area (TPSA) is 54.0 Å². The van der Waals surface area contributed by atoms with Crippen LogP contribution in [-0.2, 0) is 0 Å². The molecule has 2 aromatic carbocycles. The third-order valence-corrected chi connectivity index (χ3v) is 3.79. The average Bonchev–Trinajstić information content (AvgIpc) is 2.59. The van der Waals surface area contributed by atoms with E-state index in [1.54, 1.807) is 36.5 Å². The number of carbonyl (C=O) groups is 1. The summed E-state index contributed by atoms with van der Waals surface area (Å²) in [6.07, 6.45) is 1.57. The quantitative estimate of drug-likeness (QED) is 0.658. The second-order valence-corrected chi connectivity index (χ2v) is 5.85. The zero-order valence-corrected chi connectivity index (χ0v) is 14.0. The molecule has 3 rings (SSSR count). The molecule has 0 atom stereocenters. The number of para-hydroxylation sites is 1. The number of anilines is 3. The van der Waals surface area contributed by atoms with Crippen molar-refractivity contribution < 1.29 is 4.79 Å². The molecule has 0 aliphatic heterocycles. The van der Waals surface area contributed by atoms with Crippen molar-refractivity contribution in [1.29, 1.82) is 0 Å². The van der Waals surface area contributed by atoms with Gasteiger partial charge in [-0.15, -0.1) is 0 Å². The first-order valence-electron chi connectivity index (χ1n) is 7.16. The van der Waals surface area contributed by atoms with E-state index < -0.39 is 0 Å². The average molecular weight is 358 g/mol. The molecule has 6 heteroatoms. The SMILES string of the molecule is O=C(Nc1ccccc1)c1ccc(Nc2ccc(Cl)cc2Cl)cn1. The van der Waals surface area contributed by atoms with Crippen LogP contribution in [0.2, 0.25) is 10.0 Å². The van der Waals surface area contributed by atoms with E-state index in [1.165, 1.54) is 0 Å². The summed E-state index contributed by atoms with van der Waals surface area (Å²) < 4.78 is 0. The maximum atomic E-state index is 12.1. The summed E-state index contributed by atoms with van der Waals surface area (Å²) in [5, 5.41) is 6.99. The van der Waals surface area contributed by atoms with E-state index in [4.69, 9.17) is 23.2 Å². The fourth-order valence-electron chi connectivity index (χ4n) is 2.07. The number of aromatic nitrogens is 1. The molecule has 0 bridgehead atoms. The van der Waals surface area contributed by atoms with E-state index in [0.29, 0.717) is 21.4 Å². The summed E-state index contributed by atoms with van der Waals surface area (Å²) in [5.41, 5.74) is 2.48. The second kappa shape index (κ2) is 7.34. The molecular formula is C18H13Cl2N3O. The molecule has 2 N–H and O–H groups in total.